The van der Waals surface area contributed by atoms with Crippen LogP contribution in [0.2, 0.25) is 0 Å². The number of hydrogen-bond acceptors (Lipinski definition) is 3. The fourth-order valence-corrected chi connectivity index (χ4v) is 3.12. The summed E-state index contributed by atoms with van der Waals surface area (Å²) in [5.41, 5.74) is 1.93. The van der Waals surface area contributed by atoms with Crippen molar-refractivity contribution in [2.24, 2.45) is 0 Å². The number of nitrogens with zero attached hydrogens (tertiary/aromatic N) is 4. The Labute approximate surface area is 160 Å². The van der Waals surface area contributed by atoms with Gasteiger partial charge in [-0.3, -0.25) is 9.38 Å². The number of alkyl halides is 3. The summed E-state index contributed by atoms with van der Waals surface area (Å²) >= 11 is 3.33. The van der Waals surface area contributed by atoms with Gasteiger partial charge in [0.1, 0.15) is 17.7 Å². The zero-order valence-corrected chi connectivity index (χ0v) is 15.6. The molecule has 136 valence electrons. The fraction of sp³-hybridized carbons (Fsp3) is 0.105. The summed E-state index contributed by atoms with van der Waals surface area (Å²) in [7, 11) is 0. The third-order valence-corrected chi connectivity index (χ3v) is 4.63. The van der Waals surface area contributed by atoms with E-state index in [1.807, 2.05) is 6.92 Å². The highest BCUT2D eigenvalue weighted by molar-refractivity contribution is 9.10. The Kier molecular flexibility index (Phi) is 4.22. The van der Waals surface area contributed by atoms with E-state index in [0.717, 1.165) is 27.0 Å². The fourth-order valence-electron chi connectivity index (χ4n) is 2.85. The molecule has 3 heterocycles. The minimum absolute atomic E-state index is 0.147. The number of pyridine rings is 1. The van der Waals surface area contributed by atoms with Gasteiger partial charge in [-0.1, -0.05) is 28.1 Å². The predicted molar refractivity (Wildman–Crippen MR) is 99.1 cm³/mol. The third kappa shape index (κ3) is 3.32. The quantitative estimate of drug-likeness (QED) is 0.417. The molecule has 0 saturated carbocycles. The zero-order valence-electron chi connectivity index (χ0n) is 14.0. The van der Waals surface area contributed by atoms with Gasteiger partial charge < -0.3 is 0 Å². The Balaban J connectivity index is 2.01. The number of imidazole rings is 1. The predicted octanol–water partition coefficient (Wildman–Crippen LogP) is 5.55. The normalized spacial score (nSPS) is 11.9. The first-order chi connectivity index (χ1) is 12.8. The van der Waals surface area contributed by atoms with Gasteiger partial charge in [0.25, 0.3) is 0 Å². The first-order valence-corrected chi connectivity index (χ1v) is 8.76. The van der Waals surface area contributed by atoms with Crippen molar-refractivity contribution in [2.45, 2.75) is 13.1 Å². The van der Waals surface area contributed by atoms with Gasteiger partial charge in [0.15, 0.2) is 5.65 Å². The summed E-state index contributed by atoms with van der Waals surface area (Å²) in [6.45, 7) is 1.81. The highest BCUT2D eigenvalue weighted by Gasteiger charge is 2.35. The molecule has 4 aromatic rings. The lowest BCUT2D eigenvalue weighted by Crippen LogP contribution is -2.12. The Morgan fingerprint density at radius 2 is 1.70 bits per heavy atom. The van der Waals surface area contributed by atoms with Crippen LogP contribution in [0.15, 0.2) is 59.5 Å². The van der Waals surface area contributed by atoms with Crippen molar-refractivity contribution in [1.82, 2.24) is 19.4 Å². The van der Waals surface area contributed by atoms with Crippen LogP contribution in [-0.2, 0) is 6.18 Å². The van der Waals surface area contributed by atoms with Gasteiger partial charge in [-0.15, -0.1) is 0 Å². The lowest BCUT2D eigenvalue weighted by atomic mass is 10.1. The van der Waals surface area contributed by atoms with Gasteiger partial charge in [-0.2, -0.15) is 13.2 Å². The molecule has 0 aliphatic heterocycles. The molecule has 4 rings (SSSR count). The summed E-state index contributed by atoms with van der Waals surface area (Å²) in [4.78, 5) is 12.8. The van der Waals surface area contributed by atoms with Crippen molar-refractivity contribution in [3.05, 3.63) is 70.8 Å². The van der Waals surface area contributed by atoms with Crippen LogP contribution >= 0.6 is 15.9 Å². The third-order valence-electron chi connectivity index (χ3n) is 4.10. The van der Waals surface area contributed by atoms with Gasteiger partial charge >= 0.3 is 6.18 Å². The minimum atomic E-state index is -4.54. The van der Waals surface area contributed by atoms with Gasteiger partial charge in [0.2, 0.25) is 0 Å². The number of aromatic nitrogens is 4. The minimum Gasteiger partial charge on any atom is -0.278 e. The molecular formula is C19H12BrF3N4. The number of rotatable bonds is 2. The molecule has 0 saturated heterocycles. The van der Waals surface area contributed by atoms with Gasteiger partial charge in [-0.25, -0.2) is 9.97 Å². The molecule has 3 aromatic heterocycles. The summed E-state index contributed by atoms with van der Waals surface area (Å²) in [5.74, 6) is 0. The standard InChI is InChI=1S/C19H12BrF3N4/c1-11-8-13(6-7-24-11)17-18-26-15(12-2-4-14(20)5-3-12)9-16(19(21,22)23)27(18)10-25-17/h2-10H,1H3. The van der Waals surface area contributed by atoms with Crippen LogP contribution in [0, 0.1) is 6.92 Å². The first kappa shape index (κ1) is 17.7. The molecule has 0 amide bonds. The van der Waals surface area contributed by atoms with E-state index in [1.165, 1.54) is 0 Å². The second-order valence-corrected chi connectivity index (χ2v) is 6.92. The van der Waals surface area contributed by atoms with E-state index in [0.29, 0.717) is 16.8 Å². The summed E-state index contributed by atoms with van der Waals surface area (Å²) in [5, 5.41) is 0. The van der Waals surface area contributed by atoms with Crippen molar-refractivity contribution in [3.8, 4) is 22.5 Å². The van der Waals surface area contributed by atoms with Crippen LogP contribution in [0.3, 0.4) is 0 Å². The maximum Gasteiger partial charge on any atom is 0.431 e. The van der Waals surface area contributed by atoms with E-state index in [-0.39, 0.29) is 11.3 Å². The number of aryl methyl sites for hydroxylation is 1. The van der Waals surface area contributed by atoms with Crippen molar-refractivity contribution >= 4 is 21.6 Å². The van der Waals surface area contributed by atoms with Crippen molar-refractivity contribution in [2.75, 3.05) is 0 Å². The van der Waals surface area contributed by atoms with Crippen LogP contribution in [0.1, 0.15) is 11.4 Å². The SMILES string of the molecule is Cc1cc(-c2ncn3c(C(F)(F)F)cc(-c4ccc(Br)cc4)nc23)ccn1. The van der Waals surface area contributed by atoms with Crippen LogP contribution < -0.4 is 0 Å². The molecule has 0 bridgehead atoms. The highest BCUT2D eigenvalue weighted by Crippen LogP contribution is 2.34. The molecule has 0 atom stereocenters. The Bertz CT molecular complexity index is 1130. The molecule has 8 heteroatoms. The number of halogens is 4. The molecule has 27 heavy (non-hydrogen) atoms. The molecule has 0 aliphatic carbocycles. The Morgan fingerprint density at radius 3 is 2.37 bits per heavy atom. The highest BCUT2D eigenvalue weighted by atomic mass is 79.9. The van der Waals surface area contributed by atoms with Crippen LogP contribution in [0.4, 0.5) is 13.2 Å². The van der Waals surface area contributed by atoms with Crippen molar-refractivity contribution in [1.29, 1.82) is 0 Å². The van der Waals surface area contributed by atoms with Crippen LogP contribution in [0.25, 0.3) is 28.2 Å². The molecule has 4 nitrogen and oxygen atoms in total. The summed E-state index contributed by atoms with van der Waals surface area (Å²) < 4.78 is 42.8. The van der Waals surface area contributed by atoms with E-state index in [9.17, 15) is 13.2 Å². The topological polar surface area (TPSA) is 43.1 Å². The number of fused-ring (bicyclic) bond motifs is 1. The molecule has 1 aromatic carbocycles. The largest absolute Gasteiger partial charge is 0.431 e. The van der Waals surface area contributed by atoms with E-state index in [4.69, 9.17) is 0 Å². The molecule has 0 N–H and O–H groups in total. The monoisotopic (exact) mass is 432 g/mol. The average molecular weight is 433 g/mol. The van der Waals surface area contributed by atoms with Crippen molar-refractivity contribution in [3.63, 3.8) is 0 Å². The molecule has 0 radical (unpaired) electrons. The van der Waals surface area contributed by atoms with Crippen molar-refractivity contribution < 1.29 is 13.2 Å². The smallest absolute Gasteiger partial charge is 0.278 e. The molecule has 0 aliphatic rings. The maximum absolute atomic E-state index is 13.7. The lowest BCUT2D eigenvalue weighted by molar-refractivity contribution is -0.142. The van der Waals surface area contributed by atoms with E-state index in [2.05, 4.69) is 30.9 Å². The van der Waals surface area contributed by atoms with Gasteiger partial charge in [-0.05, 0) is 37.3 Å². The van der Waals surface area contributed by atoms with E-state index < -0.39 is 11.9 Å². The molecule has 0 fully saturated rings. The lowest BCUT2D eigenvalue weighted by Gasteiger charge is -2.12. The number of hydrogen-bond donors (Lipinski definition) is 0. The second-order valence-electron chi connectivity index (χ2n) is 6.00. The maximum atomic E-state index is 13.7. The Morgan fingerprint density at radius 1 is 0.963 bits per heavy atom. The first-order valence-electron chi connectivity index (χ1n) is 7.97. The molecular weight excluding hydrogens is 421 g/mol. The summed E-state index contributed by atoms with van der Waals surface area (Å²) in [6, 6.07) is 11.5. The van der Waals surface area contributed by atoms with Gasteiger partial charge in [0.05, 0.1) is 5.69 Å². The van der Waals surface area contributed by atoms with Crippen LogP contribution in [-0.4, -0.2) is 19.4 Å². The van der Waals surface area contributed by atoms with Gasteiger partial charge in [0, 0.05) is 27.5 Å². The number of benzene rings is 1. The Hall–Kier alpha value is -2.74. The zero-order chi connectivity index (χ0) is 19.2. The van der Waals surface area contributed by atoms with E-state index in [1.54, 1.807) is 42.6 Å². The summed E-state index contributed by atoms with van der Waals surface area (Å²) in [6.07, 6.45) is -1.79. The average Bonchev–Trinajstić information content (AvgIpc) is 3.04. The molecule has 0 unspecified atom stereocenters. The second kappa shape index (κ2) is 6.45. The van der Waals surface area contributed by atoms with Crippen LogP contribution in [0.5, 0.6) is 0 Å². The van der Waals surface area contributed by atoms with E-state index >= 15 is 0 Å². The molecule has 0 spiro atoms.